The molecule has 1 amide bonds. The Kier molecular flexibility index (Phi) is 5.53. The molecule has 6 nitrogen and oxygen atoms in total. The number of furan rings is 1. The van der Waals surface area contributed by atoms with Crippen molar-refractivity contribution in [2.45, 2.75) is 25.5 Å². The van der Waals surface area contributed by atoms with Gasteiger partial charge in [-0.1, -0.05) is 30.3 Å². The van der Waals surface area contributed by atoms with E-state index in [1.165, 1.54) is 19.3 Å². The van der Waals surface area contributed by atoms with Gasteiger partial charge in [-0.05, 0) is 24.6 Å². The third kappa shape index (κ3) is 4.71. The summed E-state index contributed by atoms with van der Waals surface area (Å²) in [5.41, 5.74) is 0.860. The number of carbonyl (C=O) groups is 2. The van der Waals surface area contributed by atoms with Gasteiger partial charge in [-0.25, -0.2) is 4.79 Å². The largest absolute Gasteiger partial charge is 0.459 e. The Balaban J connectivity index is 2.12. The first-order valence-electron chi connectivity index (χ1n) is 7.08. The minimum absolute atomic E-state index is 0.101. The van der Waals surface area contributed by atoms with E-state index in [1.54, 1.807) is 6.07 Å². The van der Waals surface area contributed by atoms with Crippen LogP contribution in [0.5, 0.6) is 0 Å². The zero-order chi connectivity index (χ0) is 16.7. The SMILES string of the molecule is C[C@H](C#N)OC(=O)[C@H](Cc1ccccc1)NC(=O)c1ccco1. The Labute approximate surface area is 133 Å². The van der Waals surface area contributed by atoms with Crippen LogP contribution in [0.1, 0.15) is 23.0 Å². The van der Waals surface area contributed by atoms with Crippen LogP contribution in [-0.2, 0) is 16.0 Å². The van der Waals surface area contributed by atoms with Gasteiger partial charge in [0, 0.05) is 6.42 Å². The maximum atomic E-state index is 12.2. The van der Waals surface area contributed by atoms with Crippen molar-refractivity contribution in [2.24, 2.45) is 0 Å². The number of benzene rings is 1. The summed E-state index contributed by atoms with van der Waals surface area (Å²) < 4.78 is 10.0. The second kappa shape index (κ2) is 7.80. The van der Waals surface area contributed by atoms with Crippen molar-refractivity contribution in [3.05, 3.63) is 60.1 Å². The number of carbonyl (C=O) groups excluding carboxylic acids is 2. The molecule has 2 atom stereocenters. The molecule has 0 spiro atoms. The first-order chi connectivity index (χ1) is 11.1. The third-order valence-corrected chi connectivity index (χ3v) is 3.09. The fourth-order valence-corrected chi connectivity index (χ4v) is 1.96. The molecule has 0 saturated heterocycles. The van der Waals surface area contributed by atoms with Gasteiger partial charge in [0.1, 0.15) is 12.1 Å². The lowest BCUT2D eigenvalue weighted by Gasteiger charge is -2.18. The number of nitriles is 1. The van der Waals surface area contributed by atoms with Crippen LogP contribution in [0, 0.1) is 11.3 Å². The molecule has 1 aromatic carbocycles. The highest BCUT2D eigenvalue weighted by atomic mass is 16.5. The molecule has 0 aliphatic heterocycles. The number of rotatable bonds is 6. The Morgan fingerprint density at radius 3 is 2.61 bits per heavy atom. The predicted octanol–water partition coefficient (Wildman–Crippen LogP) is 2.08. The van der Waals surface area contributed by atoms with Crippen molar-refractivity contribution in [2.75, 3.05) is 0 Å². The van der Waals surface area contributed by atoms with Crippen molar-refractivity contribution >= 4 is 11.9 Å². The molecule has 0 unspecified atom stereocenters. The van der Waals surface area contributed by atoms with Gasteiger partial charge < -0.3 is 14.5 Å². The number of nitrogens with one attached hydrogen (secondary N) is 1. The highest BCUT2D eigenvalue weighted by molar-refractivity contribution is 5.94. The average Bonchev–Trinajstić information content (AvgIpc) is 3.09. The quantitative estimate of drug-likeness (QED) is 0.824. The van der Waals surface area contributed by atoms with Crippen molar-refractivity contribution in [3.8, 4) is 6.07 Å². The maximum absolute atomic E-state index is 12.2. The minimum Gasteiger partial charge on any atom is -0.459 e. The molecule has 0 aliphatic carbocycles. The van der Waals surface area contributed by atoms with Crippen molar-refractivity contribution < 1.29 is 18.7 Å². The summed E-state index contributed by atoms with van der Waals surface area (Å²) in [6, 6.07) is 13.2. The molecular formula is C17H16N2O4. The lowest BCUT2D eigenvalue weighted by Crippen LogP contribution is -2.44. The number of amides is 1. The van der Waals surface area contributed by atoms with E-state index in [1.807, 2.05) is 36.4 Å². The standard InChI is InChI=1S/C17H16N2O4/c1-12(11-18)23-17(21)14(10-13-6-3-2-4-7-13)19-16(20)15-8-5-9-22-15/h2-9,12,14H,10H2,1H3,(H,19,20)/t12-,14+/m1/s1. The summed E-state index contributed by atoms with van der Waals surface area (Å²) in [6.45, 7) is 1.46. The van der Waals surface area contributed by atoms with Gasteiger partial charge in [0.05, 0.1) is 6.26 Å². The van der Waals surface area contributed by atoms with E-state index in [-0.39, 0.29) is 12.2 Å². The molecule has 0 aliphatic rings. The molecule has 2 rings (SSSR count). The average molecular weight is 312 g/mol. The lowest BCUT2D eigenvalue weighted by molar-refractivity contribution is -0.148. The number of hydrogen-bond donors (Lipinski definition) is 1. The van der Waals surface area contributed by atoms with E-state index in [2.05, 4.69) is 5.32 Å². The summed E-state index contributed by atoms with van der Waals surface area (Å²) in [5.74, 6) is -1.08. The number of ether oxygens (including phenoxy) is 1. The van der Waals surface area contributed by atoms with E-state index in [0.29, 0.717) is 0 Å². The van der Waals surface area contributed by atoms with Crippen LogP contribution in [-0.4, -0.2) is 24.0 Å². The van der Waals surface area contributed by atoms with Crippen LogP contribution in [0.2, 0.25) is 0 Å². The van der Waals surface area contributed by atoms with E-state index < -0.39 is 24.0 Å². The van der Waals surface area contributed by atoms with Crippen LogP contribution in [0.3, 0.4) is 0 Å². The normalized spacial score (nSPS) is 12.7. The molecule has 0 bridgehead atoms. The van der Waals surface area contributed by atoms with Crippen LogP contribution in [0.25, 0.3) is 0 Å². The molecule has 0 fully saturated rings. The molecule has 23 heavy (non-hydrogen) atoms. The van der Waals surface area contributed by atoms with Crippen LogP contribution >= 0.6 is 0 Å². The first kappa shape index (κ1) is 16.3. The molecule has 6 heteroatoms. The zero-order valence-corrected chi connectivity index (χ0v) is 12.6. The molecule has 0 radical (unpaired) electrons. The zero-order valence-electron chi connectivity index (χ0n) is 12.6. The van der Waals surface area contributed by atoms with Crippen LogP contribution in [0.15, 0.2) is 53.1 Å². The van der Waals surface area contributed by atoms with Crippen molar-refractivity contribution in [1.82, 2.24) is 5.32 Å². The molecule has 2 aromatic rings. The van der Waals surface area contributed by atoms with Gasteiger partial charge in [0.2, 0.25) is 0 Å². The summed E-state index contributed by atoms with van der Waals surface area (Å²) in [5, 5.41) is 11.3. The van der Waals surface area contributed by atoms with Gasteiger partial charge in [-0.2, -0.15) is 5.26 Å². The van der Waals surface area contributed by atoms with Gasteiger partial charge in [0.25, 0.3) is 5.91 Å². The van der Waals surface area contributed by atoms with Gasteiger partial charge in [-0.3, -0.25) is 4.79 Å². The van der Waals surface area contributed by atoms with E-state index in [0.717, 1.165) is 5.56 Å². The lowest BCUT2D eigenvalue weighted by atomic mass is 10.1. The van der Waals surface area contributed by atoms with E-state index in [4.69, 9.17) is 14.4 Å². The summed E-state index contributed by atoms with van der Waals surface area (Å²) in [4.78, 5) is 24.3. The van der Waals surface area contributed by atoms with Gasteiger partial charge in [0.15, 0.2) is 11.9 Å². The highest BCUT2D eigenvalue weighted by Crippen LogP contribution is 2.08. The second-order valence-corrected chi connectivity index (χ2v) is 4.90. The summed E-state index contributed by atoms with van der Waals surface area (Å²) in [7, 11) is 0. The minimum atomic E-state index is -0.911. The highest BCUT2D eigenvalue weighted by Gasteiger charge is 2.25. The molecule has 1 heterocycles. The third-order valence-electron chi connectivity index (χ3n) is 3.09. The van der Waals surface area contributed by atoms with Crippen LogP contribution in [0.4, 0.5) is 0 Å². The Morgan fingerprint density at radius 1 is 1.26 bits per heavy atom. The monoisotopic (exact) mass is 312 g/mol. The second-order valence-electron chi connectivity index (χ2n) is 4.90. The number of hydrogen-bond acceptors (Lipinski definition) is 5. The summed E-state index contributed by atoms with van der Waals surface area (Å²) >= 11 is 0. The summed E-state index contributed by atoms with van der Waals surface area (Å²) in [6.07, 6.45) is 0.739. The maximum Gasteiger partial charge on any atom is 0.330 e. The fraction of sp³-hybridized carbons (Fsp3) is 0.235. The van der Waals surface area contributed by atoms with Crippen molar-refractivity contribution in [1.29, 1.82) is 5.26 Å². The predicted molar refractivity (Wildman–Crippen MR) is 81.3 cm³/mol. The van der Waals surface area contributed by atoms with Crippen LogP contribution < -0.4 is 5.32 Å². The molecule has 1 aromatic heterocycles. The first-order valence-corrected chi connectivity index (χ1v) is 7.08. The molecule has 1 N–H and O–H groups in total. The van der Waals surface area contributed by atoms with Gasteiger partial charge >= 0.3 is 5.97 Å². The molecular weight excluding hydrogens is 296 g/mol. The van der Waals surface area contributed by atoms with Gasteiger partial charge in [-0.15, -0.1) is 0 Å². The Morgan fingerprint density at radius 2 is 2.00 bits per heavy atom. The van der Waals surface area contributed by atoms with E-state index >= 15 is 0 Å². The molecule has 118 valence electrons. The topological polar surface area (TPSA) is 92.3 Å². The fourth-order valence-electron chi connectivity index (χ4n) is 1.96. The molecule has 0 saturated carbocycles. The number of esters is 1. The van der Waals surface area contributed by atoms with E-state index in [9.17, 15) is 9.59 Å². The number of nitrogens with zero attached hydrogens (tertiary/aromatic N) is 1. The Bertz CT molecular complexity index is 689. The van der Waals surface area contributed by atoms with Crippen molar-refractivity contribution in [3.63, 3.8) is 0 Å². The Hall–Kier alpha value is -3.07. The smallest absolute Gasteiger partial charge is 0.330 e.